The molecule has 66 valence electrons. The minimum Gasteiger partial charge on any atom is -0.472 e. The molecule has 1 heterocycles. The van der Waals surface area contributed by atoms with Crippen molar-refractivity contribution in [2.24, 2.45) is 0 Å². The third kappa shape index (κ3) is 2.47. The van der Waals surface area contributed by atoms with Gasteiger partial charge < -0.3 is 4.74 Å². The average Bonchev–Trinajstić information content (AvgIpc) is 2.09. The van der Waals surface area contributed by atoms with Crippen LogP contribution in [0.25, 0.3) is 0 Å². The summed E-state index contributed by atoms with van der Waals surface area (Å²) < 4.78 is 5.38. The van der Waals surface area contributed by atoms with Crippen molar-refractivity contribution in [1.29, 1.82) is 0 Å². The Morgan fingerprint density at radius 3 is 2.50 bits per heavy atom. The van der Waals surface area contributed by atoms with Crippen LogP contribution in [0.5, 0.6) is 5.75 Å². The lowest BCUT2D eigenvalue weighted by atomic mass is 10.5. The number of aryl methyl sites for hydroxylation is 1. The highest BCUT2D eigenvalue weighted by Crippen LogP contribution is 2.06. The Morgan fingerprint density at radius 2 is 2.00 bits per heavy atom. The zero-order chi connectivity index (χ0) is 8.97. The van der Waals surface area contributed by atoms with Crippen LogP contribution in [0.4, 0.5) is 0 Å². The third-order valence-corrected chi connectivity index (χ3v) is 1.48. The van der Waals surface area contributed by atoms with Gasteiger partial charge in [0.25, 0.3) is 0 Å². The SMILES string of the molecule is CNC(C)Oc1cnc(C)nc1. The van der Waals surface area contributed by atoms with Crippen molar-refractivity contribution < 1.29 is 4.74 Å². The largest absolute Gasteiger partial charge is 0.472 e. The van der Waals surface area contributed by atoms with Gasteiger partial charge in [-0.25, -0.2) is 9.97 Å². The molecule has 0 aliphatic carbocycles. The first-order valence-corrected chi connectivity index (χ1v) is 3.85. The highest BCUT2D eigenvalue weighted by molar-refractivity contribution is 5.12. The van der Waals surface area contributed by atoms with Crippen LogP contribution in [-0.2, 0) is 0 Å². The topological polar surface area (TPSA) is 47.0 Å². The molecule has 0 fully saturated rings. The fourth-order valence-corrected chi connectivity index (χ4v) is 0.705. The summed E-state index contributed by atoms with van der Waals surface area (Å²) in [5.41, 5.74) is 0. The third-order valence-electron chi connectivity index (χ3n) is 1.48. The van der Waals surface area contributed by atoms with Crippen molar-refractivity contribution in [3.63, 3.8) is 0 Å². The molecular weight excluding hydrogens is 154 g/mol. The van der Waals surface area contributed by atoms with E-state index in [0.717, 1.165) is 5.82 Å². The molecule has 0 bridgehead atoms. The second-order valence-corrected chi connectivity index (χ2v) is 2.51. The highest BCUT2D eigenvalue weighted by Gasteiger charge is 1.99. The normalized spacial score (nSPS) is 12.6. The Labute approximate surface area is 72.0 Å². The summed E-state index contributed by atoms with van der Waals surface area (Å²) >= 11 is 0. The summed E-state index contributed by atoms with van der Waals surface area (Å²) in [6.07, 6.45) is 3.31. The molecule has 0 saturated carbocycles. The molecule has 1 unspecified atom stereocenters. The van der Waals surface area contributed by atoms with Crippen molar-refractivity contribution in [2.45, 2.75) is 20.1 Å². The van der Waals surface area contributed by atoms with Gasteiger partial charge in [-0.1, -0.05) is 0 Å². The smallest absolute Gasteiger partial charge is 0.158 e. The molecule has 1 atom stereocenters. The van der Waals surface area contributed by atoms with Gasteiger partial charge in [0.15, 0.2) is 5.75 Å². The zero-order valence-electron chi connectivity index (χ0n) is 7.53. The summed E-state index contributed by atoms with van der Waals surface area (Å²) in [4.78, 5) is 8.01. The van der Waals surface area contributed by atoms with Crippen LogP contribution in [0.1, 0.15) is 12.7 Å². The molecule has 0 radical (unpaired) electrons. The van der Waals surface area contributed by atoms with Crippen molar-refractivity contribution in [3.8, 4) is 5.75 Å². The van der Waals surface area contributed by atoms with Gasteiger partial charge in [-0.15, -0.1) is 0 Å². The zero-order valence-corrected chi connectivity index (χ0v) is 7.53. The van der Waals surface area contributed by atoms with Crippen LogP contribution in [-0.4, -0.2) is 23.2 Å². The lowest BCUT2D eigenvalue weighted by Crippen LogP contribution is -2.27. The fraction of sp³-hybridized carbons (Fsp3) is 0.500. The second kappa shape index (κ2) is 4.01. The van der Waals surface area contributed by atoms with Gasteiger partial charge in [0.05, 0.1) is 12.4 Å². The van der Waals surface area contributed by atoms with Crippen LogP contribution in [0.3, 0.4) is 0 Å². The molecule has 1 aromatic rings. The van der Waals surface area contributed by atoms with E-state index in [1.807, 2.05) is 20.9 Å². The highest BCUT2D eigenvalue weighted by atomic mass is 16.5. The van der Waals surface area contributed by atoms with E-state index >= 15 is 0 Å². The first kappa shape index (κ1) is 8.93. The van der Waals surface area contributed by atoms with Crippen LogP contribution in [0.15, 0.2) is 12.4 Å². The van der Waals surface area contributed by atoms with E-state index in [-0.39, 0.29) is 6.23 Å². The van der Waals surface area contributed by atoms with E-state index in [1.54, 1.807) is 12.4 Å². The molecule has 0 spiro atoms. The Morgan fingerprint density at radius 1 is 1.42 bits per heavy atom. The average molecular weight is 167 g/mol. The van der Waals surface area contributed by atoms with Gasteiger partial charge in [-0.3, -0.25) is 5.32 Å². The van der Waals surface area contributed by atoms with Gasteiger partial charge in [0.1, 0.15) is 12.1 Å². The predicted molar refractivity (Wildman–Crippen MR) is 45.9 cm³/mol. The molecule has 1 rings (SSSR count). The molecule has 0 aromatic carbocycles. The lowest BCUT2D eigenvalue weighted by Gasteiger charge is -2.12. The number of ether oxygens (including phenoxy) is 1. The number of nitrogens with one attached hydrogen (secondary N) is 1. The first-order chi connectivity index (χ1) is 5.72. The van der Waals surface area contributed by atoms with Gasteiger partial charge in [-0.2, -0.15) is 0 Å². The summed E-state index contributed by atoms with van der Waals surface area (Å²) in [5, 5.41) is 2.95. The van der Waals surface area contributed by atoms with Crippen LogP contribution < -0.4 is 10.1 Å². The van der Waals surface area contributed by atoms with E-state index in [0.29, 0.717) is 5.75 Å². The summed E-state index contributed by atoms with van der Waals surface area (Å²) in [6.45, 7) is 3.76. The molecule has 12 heavy (non-hydrogen) atoms. The molecule has 0 aliphatic heterocycles. The van der Waals surface area contributed by atoms with Gasteiger partial charge >= 0.3 is 0 Å². The molecule has 0 amide bonds. The summed E-state index contributed by atoms with van der Waals surface area (Å²) in [5.74, 6) is 1.43. The number of hydrogen-bond acceptors (Lipinski definition) is 4. The quantitative estimate of drug-likeness (QED) is 0.674. The van der Waals surface area contributed by atoms with Crippen molar-refractivity contribution >= 4 is 0 Å². The van der Waals surface area contributed by atoms with Crippen LogP contribution in [0, 0.1) is 6.92 Å². The monoisotopic (exact) mass is 167 g/mol. The summed E-state index contributed by atoms with van der Waals surface area (Å²) in [6, 6.07) is 0. The van der Waals surface area contributed by atoms with E-state index in [2.05, 4.69) is 15.3 Å². The minimum atomic E-state index is -0.0173. The fourth-order valence-electron chi connectivity index (χ4n) is 0.705. The van der Waals surface area contributed by atoms with Crippen LogP contribution in [0.2, 0.25) is 0 Å². The lowest BCUT2D eigenvalue weighted by molar-refractivity contribution is 0.192. The van der Waals surface area contributed by atoms with Gasteiger partial charge in [0, 0.05) is 0 Å². The Kier molecular flexibility index (Phi) is 2.99. The molecule has 1 N–H and O–H groups in total. The molecule has 0 saturated heterocycles. The second-order valence-electron chi connectivity index (χ2n) is 2.51. The Balaban J connectivity index is 2.58. The number of hydrogen-bond donors (Lipinski definition) is 1. The Hall–Kier alpha value is -1.16. The standard InChI is InChI=1S/C8H13N3O/c1-6-10-4-8(5-11-6)12-7(2)9-3/h4-5,7,9H,1-3H3. The van der Waals surface area contributed by atoms with Gasteiger partial charge in [-0.05, 0) is 20.9 Å². The number of nitrogens with zero attached hydrogens (tertiary/aromatic N) is 2. The van der Waals surface area contributed by atoms with E-state index < -0.39 is 0 Å². The molecule has 4 nitrogen and oxygen atoms in total. The van der Waals surface area contributed by atoms with Crippen LogP contribution >= 0.6 is 0 Å². The van der Waals surface area contributed by atoms with Crippen molar-refractivity contribution in [3.05, 3.63) is 18.2 Å². The van der Waals surface area contributed by atoms with E-state index in [9.17, 15) is 0 Å². The maximum absolute atomic E-state index is 5.38. The molecule has 4 heteroatoms. The van der Waals surface area contributed by atoms with Crippen molar-refractivity contribution in [2.75, 3.05) is 7.05 Å². The maximum atomic E-state index is 5.38. The van der Waals surface area contributed by atoms with E-state index in [4.69, 9.17) is 4.74 Å². The maximum Gasteiger partial charge on any atom is 0.158 e. The minimum absolute atomic E-state index is 0.0173. The number of rotatable bonds is 3. The molecule has 0 aliphatic rings. The first-order valence-electron chi connectivity index (χ1n) is 3.85. The van der Waals surface area contributed by atoms with Gasteiger partial charge in [0.2, 0.25) is 0 Å². The predicted octanol–water partition coefficient (Wildman–Crippen LogP) is 0.729. The van der Waals surface area contributed by atoms with Crippen molar-refractivity contribution in [1.82, 2.24) is 15.3 Å². The molecular formula is C8H13N3O. The van der Waals surface area contributed by atoms with E-state index in [1.165, 1.54) is 0 Å². The Bertz CT molecular complexity index is 235. The molecule has 1 aromatic heterocycles. The number of aromatic nitrogens is 2. The summed E-state index contributed by atoms with van der Waals surface area (Å²) in [7, 11) is 1.83.